The summed E-state index contributed by atoms with van der Waals surface area (Å²) in [6.45, 7) is 3.66. The molecule has 0 atom stereocenters. The lowest BCUT2D eigenvalue weighted by Crippen LogP contribution is -2.17. The highest BCUT2D eigenvalue weighted by Crippen LogP contribution is 2.24. The number of anilines is 2. The lowest BCUT2D eigenvalue weighted by Gasteiger charge is -2.12. The fraction of sp³-hybridized carbons (Fsp3) is 0.190. The molecule has 0 unspecified atom stereocenters. The Kier molecular flexibility index (Phi) is 6.85. The number of aromatic nitrogens is 1. The van der Waals surface area contributed by atoms with Gasteiger partial charge in [-0.1, -0.05) is 17.7 Å². The van der Waals surface area contributed by atoms with Crippen molar-refractivity contribution in [2.75, 3.05) is 10.6 Å². The number of amides is 2. The van der Waals surface area contributed by atoms with Gasteiger partial charge in [0.25, 0.3) is 0 Å². The van der Waals surface area contributed by atoms with Crippen LogP contribution >= 0.6 is 22.9 Å². The van der Waals surface area contributed by atoms with E-state index in [1.807, 2.05) is 24.4 Å². The molecule has 6 nitrogen and oxygen atoms in total. The molecule has 8 heteroatoms. The predicted octanol–water partition coefficient (Wildman–Crippen LogP) is 4.82. The van der Waals surface area contributed by atoms with Crippen LogP contribution in [0.5, 0.6) is 5.75 Å². The molecular formula is C21H20ClN3O3S. The van der Waals surface area contributed by atoms with E-state index in [0.29, 0.717) is 34.4 Å². The van der Waals surface area contributed by atoms with Gasteiger partial charge in [0.1, 0.15) is 17.4 Å². The number of benzene rings is 2. The van der Waals surface area contributed by atoms with Gasteiger partial charge in [-0.2, -0.15) is 0 Å². The highest BCUT2D eigenvalue weighted by atomic mass is 35.5. The predicted molar refractivity (Wildman–Crippen MR) is 116 cm³/mol. The number of ether oxygens (including phenoxy) is 1. The molecule has 2 amide bonds. The lowest BCUT2D eigenvalue weighted by atomic mass is 10.2. The number of hydrogen-bond acceptors (Lipinski definition) is 5. The summed E-state index contributed by atoms with van der Waals surface area (Å²) < 4.78 is 5.68. The van der Waals surface area contributed by atoms with E-state index >= 15 is 0 Å². The van der Waals surface area contributed by atoms with Crippen molar-refractivity contribution in [3.63, 3.8) is 0 Å². The molecule has 0 spiro atoms. The van der Waals surface area contributed by atoms with E-state index < -0.39 is 0 Å². The van der Waals surface area contributed by atoms with E-state index in [2.05, 4.69) is 15.6 Å². The van der Waals surface area contributed by atoms with Gasteiger partial charge in [-0.15, -0.1) is 11.3 Å². The summed E-state index contributed by atoms with van der Waals surface area (Å²) in [7, 11) is 0. The van der Waals surface area contributed by atoms with Gasteiger partial charge in [-0.25, -0.2) is 4.98 Å². The van der Waals surface area contributed by atoms with Gasteiger partial charge in [-0.05, 0) is 48.9 Å². The molecule has 0 saturated carbocycles. The van der Waals surface area contributed by atoms with Crippen LogP contribution in [-0.4, -0.2) is 16.8 Å². The molecule has 0 bridgehead atoms. The number of nitrogens with zero attached hydrogens (tertiary/aromatic N) is 1. The van der Waals surface area contributed by atoms with Gasteiger partial charge in [0.15, 0.2) is 0 Å². The Morgan fingerprint density at radius 3 is 2.59 bits per heavy atom. The van der Waals surface area contributed by atoms with E-state index in [9.17, 15) is 9.59 Å². The molecule has 0 radical (unpaired) electrons. The van der Waals surface area contributed by atoms with Crippen molar-refractivity contribution < 1.29 is 14.3 Å². The van der Waals surface area contributed by atoms with Crippen LogP contribution in [0.25, 0.3) is 0 Å². The molecule has 1 aromatic heterocycles. The molecule has 29 heavy (non-hydrogen) atoms. The zero-order chi connectivity index (χ0) is 20.8. The van der Waals surface area contributed by atoms with Crippen LogP contribution in [0.3, 0.4) is 0 Å². The normalized spacial score (nSPS) is 10.4. The number of aryl methyl sites for hydroxylation is 1. The molecule has 3 aromatic rings. The SMILES string of the molecule is CC(=O)Nc1ccc(C)cc1NC(=O)Cc1csc(COc2ccc(Cl)cc2)n1. The monoisotopic (exact) mass is 429 g/mol. The smallest absolute Gasteiger partial charge is 0.230 e. The summed E-state index contributed by atoms with van der Waals surface area (Å²) in [6, 6.07) is 12.5. The quantitative estimate of drug-likeness (QED) is 0.564. The first-order valence-electron chi connectivity index (χ1n) is 8.89. The number of nitrogens with one attached hydrogen (secondary N) is 2. The van der Waals surface area contributed by atoms with E-state index in [-0.39, 0.29) is 18.2 Å². The molecule has 3 rings (SSSR count). The van der Waals surface area contributed by atoms with Gasteiger partial charge in [0, 0.05) is 17.3 Å². The Bertz CT molecular complexity index is 1020. The lowest BCUT2D eigenvalue weighted by molar-refractivity contribution is -0.116. The Labute approximate surface area is 177 Å². The van der Waals surface area contributed by atoms with Crippen molar-refractivity contribution in [3.8, 4) is 5.75 Å². The maximum absolute atomic E-state index is 12.4. The van der Waals surface area contributed by atoms with Crippen LogP contribution in [0, 0.1) is 6.92 Å². The van der Waals surface area contributed by atoms with Crippen molar-refractivity contribution in [2.24, 2.45) is 0 Å². The number of thiazole rings is 1. The summed E-state index contributed by atoms with van der Waals surface area (Å²) in [6.07, 6.45) is 0.130. The highest BCUT2D eigenvalue weighted by molar-refractivity contribution is 7.09. The van der Waals surface area contributed by atoms with Crippen LogP contribution in [0.2, 0.25) is 5.02 Å². The minimum Gasteiger partial charge on any atom is -0.486 e. The van der Waals surface area contributed by atoms with Gasteiger partial charge in [0.2, 0.25) is 11.8 Å². The maximum atomic E-state index is 12.4. The molecule has 0 aliphatic heterocycles. The van der Waals surface area contributed by atoms with Crippen molar-refractivity contribution in [1.82, 2.24) is 4.98 Å². The average molecular weight is 430 g/mol. The van der Waals surface area contributed by atoms with Crippen molar-refractivity contribution in [3.05, 3.63) is 69.1 Å². The van der Waals surface area contributed by atoms with Crippen LogP contribution < -0.4 is 15.4 Å². The van der Waals surface area contributed by atoms with E-state index in [4.69, 9.17) is 16.3 Å². The van der Waals surface area contributed by atoms with Crippen LogP contribution in [0.4, 0.5) is 11.4 Å². The first kappa shape index (κ1) is 20.8. The summed E-state index contributed by atoms with van der Waals surface area (Å²) in [5.41, 5.74) is 2.76. The third-order valence-corrected chi connectivity index (χ3v) is 5.00. The summed E-state index contributed by atoms with van der Waals surface area (Å²) in [5, 5.41) is 8.82. The topological polar surface area (TPSA) is 80.3 Å². The third kappa shape index (κ3) is 6.30. The fourth-order valence-corrected chi connectivity index (χ4v) is 3.42. The number of rotatable bonds is 7. The largest absolute Gasteiger partial charge is 0.486 e. The van der Waals surface area contributed by atoms with E-state index in [1.54, 1.807) is 30.3 Å². The molecule has 0 aliphatic rings. The highest BCUT2D eigenvalue weighted by Gasteiger charge is 2.12. The first-order chi connectivity index (χ1) is 13.9. The standard InChI is InChI=1S/C21H20ClN3O3S/c1-13-3-8-18(23-14(2)26)19(9-13)25-20(27)10-16-12-29-21(24-16)11-28-17-6-4-15(22)5-7-17/h3-9,12H,10-11H2,1-2H3,(H,23,26)(H,25,27). The molecule has 1 heterocycles. The number of carbonyl (C=O) groups excluding carboxylic acids is 2. The van der Waals surface area contributed by atoms with E-state index in [0.717, 1.165) is 10.6 Å². The average Bonchev–Trinajstić information content (AvgIpc) is 3.10. The molecular weight excluding hydrogens is 410 g/mol. The fourth-order valence-electron chi connectivity index (χ4n) is 2.59. The van der Waals surface area contributed by atoms with Crippen LogP contribution in [-0.2, 0) is 22.6 Å². The summed E-state index contributed by atoms with van der Waals surface area (Å²) in [4.78, 5) is 28.3. The van der Waals surface area contributed by atoms with Crippen molar-refractivity contribution in [2.45, 2.75) is 26.9 Å². The number of hydrogen-bond donors (Lipinski definition) is 2. The molecule has 2 aromatic carbocycles. The zero-order valence-electron chi connectivity index (χ0n) is 16.0. The Morgan fingerprint density at radius 1 is 1.10 bits per heavy atom. The third-order valence-electron chi connectivity index (χ3n) is 3.88. The second kappa shape index (κ2) is 9.54. The van der Waals surface area contributed by atoms with Crippen LogP contribution in [0.15, 0.2) is 47.8 Å². The minimum atomic E-state index is -0.210. The summed E-state index contributed by atoms with van der Waals surface area (Å²) >= 11 is 7.29. The van der Waals surface area contributed by atoms with Gasteiger partial charge < -0.3 is 15.4 Å². The van der Waals surface area contributed by atoms with Crippen molar-refractivity contribution >= 4 is 46.1 Å². The zero-order valence-corrected chi connectivity index (χ0v) is 17.6. The van der Waals surface area contributed by atoms with Crippen LogP contribution in [0.1, 0.15) is 23.2 Å². The Hall–Kier alpha value is -2.90. The molecule has 2 N–H and O–H groups in total. The Balaban J connectivity index is 1.58. The molecule has 0 aliphatic carbocycles. The van der Waals surface area contributed by atoms with Crippen molar-refractivity contribution in [1.29, 1.82) is 0 Å². The second-order valence-corrected chi connectivity index (χ2v) is 7.81. The van der Waals surface area contributed by atoms with Gasteiger partial charge in [-0.3, -0.25) is 9.59 Å². The molecule has 0 saturated heterocycles. The van der Waals surface area contributed by atoms with Gasteiger partial charge >= 0.3 is 0 Å². The maximum Gasteiger partial charge on any atom is 0.230 e. The van der Waals surface area contributed by atoms with E-state index in [1.165, 1.54) is 18.3 Å². The first-order valence-corrected chi connectivity index (χ1v) is 10.1. The summed E-state index contributed by atoms with van der Waals surface area (Å²) in [5.74, 6) is 0.292. The number of halogens is 1. The molecule has 150 valence electrons. The minimum absolute atomic E-state index is 0.130. The second-order valence-electron chi connectivity index (χ2n) is 6.43. The molecule has 0 fully saturated rings. The van der Waals surface area contributed by atoms with Gasteiger partial charge in [0.05, 0.1) is 23.5 Å². The number of carbonyl (C=O) groups is 2. The Morgan fingerprint density at radius 2 is 1.86 bits per heavy atom.